The number of amides is 1. The Balaban J connectivity index is 1.44. The van der Waals surface area contributed by atoms with Gasteiger partial charge in [0.25, 0.3) is 5.91 Å². The lowest BCUT2D eigenvalue weighted by Gasteiger charge is -2.18. The van der Waals surface area contributed by atoms with Crippen molar-refractivity contribution in [2.45, 2.75) is 17.8 Å². The van der Waals surface area contributed by atoms with Crippen LogP contribution in [0.5, 0.6) is 5.75 Å². The number of thiocarbonyl (C=S) groups is 1. The average molecular weight is 600 g/mol. The van der Waals surface area contributed by atoms with Crippen molar-refractivity contribution in [3.63, 3.8) is 0 Å². The third-order valence-corrected chi connectivity index (χ3v) is 7.24. The summed E-state index contributed by atoms with van der Waals surface area (Å²) < 4.78 is 65.7. The van der Waals surface area contributed by atoms with E-state index in [0.29, 0.717) is 11.4 Å². The van der Waals surface area contributed by atoms with E-state index in [9.17, 15) is 26.4 Å². The normalized spacial score (nSPS) is 14.3. The third kappa shape index (κ3) is 6.29. The molecule has 210 valence electrons. The molecule has 1 aliphatic rings. The summed E-state index contributed by atoms with van der Waals surface area (Å²) in [5, 5.41) is 13.8. The molecule has 9 nitrogen and oxygen atoms in total. The molecule has 0 fully saturated rings. The standard InChI is InChI=1S/C27H20F3N5O4S2/c28-27(29,30)39-19-10-13-23-22(14-19)24(33-34-26(40)32-18-8-11-20(12-9-18)41(31,37)38)25(36)35(23)15-17-6-3-5-16-4-1-2-7-21(16)17/h1-14H,15H2,(H2,31,37,38)(H2,32,34,40). The number of rotatable bonds is 6. The maximum absolute atomic E-state index is 13.6. The van der Waals surface area contributed by atoms with Crippen molar-refractivity contribution in [1.29, 1.82) is 0 Å². The number of benzene rings is 4. The Morgan fingerprint density at radius 2 is 1.71 bits per heavy atom. The fraction of sp³-hybridized carbons (Fsp3) is 0.0741. The Bertz CT molecular complexity index is 1800. The lowest BCUT2D eigenvalue weighted by atomic mass is 10.0. The first-order valence-corrected chi connectivity index (χ1v) is 13.8. The van der Waals surface area contributed by atoms with E-state index in [1.165, 1.54) is 35.2 Å². The summed E-state index contributed by atoms with van der Waals surface area (Å²) in [5.41, 5.74) is 4.03. The molecule has 0 atom stereocenters. The number of halogens is 3. The SMILES string of the molecule is NS(=O)(=O)c1ccc(NC(=S)NN=C2C(=O)N(Cc3cccc4ccccc34)c3ccc(OC(F)(F)F)cc32)cc1. The van der Waals surface area contributed by atoms with Crippen LogP contribution >= 0.6 is 12.2 Å². The number of sulfonamides is 1. The number of primary sulfonamides is 1. The second-order valence-electron chi connectivity index (χ2n) is 8.85. The van der Waals surface area contributed by atoms with E-state index >= 15 is 0 Å². The van der Waals surface area contributed by atoms with E-state index in [1.54, 1.807) is 0 Å². The molecule has 5 rings (SSSR count). The topological polar surface area (TPSA) is 126 Å². The highest BCUT2D eigenvalue weighted by Crippen LogP contribution is 2.36. The van der Waals surface area contributed by atoms with Crippen molar-refractivity contribution in [3.8, 4) is 5.75 Å². The van der Waals surface area contributed by atoms with Gasteiger partial charge >= 0.3 is 6.36 Å². The first-order chi connectivity index (χ1) is 19.4. The maximum Gasteiger partial charge on any atom is 0.573 e. The van der Waals surface area contributed by atoms with Crippen molar-refractivity contribution in [2.75, 3.05) is 10.2 Å². The molecule has 4 N–H and O–H groups in total. The maximum atomic E-state index is 13.6. The zero-order valence-electron chi connectivity index (χ0n) is 20.8. The van der Waals surface area contributed by atoms with Gasteiger partial charge in [-0.1, -0.05) is 42.5 Å². The van der Waals surface area contributed by atoms with Crippen LogP contribution in [0.25, 0.3) is 10.8 Å². The van der Waals surface area contributed by atoms with Crippen LogP contribution in [0.15, 0.2) is 94.9 Å². The molecule has 0 radical (unpaired) electrons. The smallest absolute Gasteiger partial charge is 0.406 e. The van der Waals surface area contributed by atoms with E-state index < -0.39 is 28.0 Å². The number of alkyl halides is 3. The molecular weight excluding hydrogens is 579 g/mol. The van der Waals surface area contributed by atoms with Gasteiger partial charge in [0.05, 0.1) is 17.1 Å². The van der Waals surface area contributed by atoms with Gasteiger partial charge in [0.1, 0.15) is 5.75 Å². The first kappa shape index (κ1) is 28.0. The Hall–Kier alpha value is -4.53. The number of ether oxygens (including phenoxy) is 1. The van der Waals surface area contributed by atoms with Crippen molar-refractivity contribution in [1.82, 2.24) is 5.43 Å². The molecule has 0 spiro atoms. The summed E-state index contributed by atoms with van der Waals surface area (Å²) >= 11 is 5.23. The minimum Gasteiger partial charge on any atom is -0.406 e. The molecule has 1 amide bonds. The lowest BCUT2D eigenvalue weighted by Crippen LogP contribution is -2.32. The number of nitrogens with two attached hydrogens (primary N) is 1. The Morgan fingerprint density at radius 1 is 1.00 bits per heavy atom. The summed E-state index contributed by atoms with van der Waals surface area (Å²) in [4.78, 5) is 14.9. The van der Waals surface area contributed by atoms with E-state index in [-0.39, 0.29) is 27.8 Å². The highest BCUT2D eigenvalue weighted by atomic mass is 32.2. The van der Waals surface area contributed by atoms with Crippen molar-refractivity contribution in [2.24, 2.45) is 10.2 Å². The summed E-state index contributed by atoms with van der Waals surface area (Å²) in [6.45, 7) is 0.130. The van der Waals surface area contributed by atoms with Crippen LogP contribution < -0.4 is 25.5 Å². The number of nitrogens with one attached hydrogen (secondary N) is 2. The van der Waals surface area contributed by atoms with Crippen LogP contribution in [0.3, 0.4) is 0 Å². The average Bonchev–Trinajstić information content (AvgIpc) is 3.16. The summed E-state index contributed by atoms with van der Waals surface area (Å²) in [7, 11) is -3.88. The van der Waals surface area contributed by atoms with Crippen LogP contribution in [-0.2, 0) is 21.4 Å². The van der Waals surface area contributed by atoms with Gasteiger partial charge in [-0.15, -0.1) is 13.2 Å². The molecule has 4 aromatic rings. The second kappa shape index (κ2) is 10.8. The number of nitrogens with zero attached hydrogens (tertiary/aromatic N) is 2. The molecule has 14 heteroatoms. The second-order valence-corrected chi connectivity index (χ2v) is 10.8. The van der Waals surface area contributed by atoms with Crippen LogP contribution in [-0.4, -0.2) is 31.5 Å². The molecular formula is C27H20F3N5O4S2. The predicted octanol–water partition coefficient (Wildman–Crippen LogP) is 4.62. The summed E-state index contributed by atoms with van der Waals surface area (Å²) in [6.07, 6.45) is -4.93. The molecule has 0 aromatic heterocycles. The fourth-order valence-electron chi connectivity index (χ4n) is 4.35. The van der Waals surface area contributed by atoms with Gasteiger partial charge in [0.15, 0.2) is 10.8 Å². The van der Waals surface area contributed by atoms with E-state index in [2.05, 4.69) is 20.6 Å². The van der Waals surface area contributed by atoms with Gasteiger partial charge in [-0.3, -0.25) is 10.2 Å². The number of anilines is 2. The fourth-order valence-corrected chi connectivity index (χ4v) is 5.03. The number of carbonyl (C=O) groups is 1. The Morgan fingerprint density at radius 3 is 2.41 bits per heavy atom. The molecule has 4 aromatic carbocycles. The summed E-state index contributed by atoms with van der Waals surface area (Å²) in [5.74, 6) is -1.08. The zero-order chi connectivity index (χ0) is 29.4. The minimum absolute atomic E-state index is 0.0644. The van der Waals surface area contributed by atoms with Gasteiger partial charge < -0.3 is 15.0 Å². The molecule has 1 aliphatic heterocycles. The van der Waals surface area contributed by atoms with E-state index in [4.69, 9.17) is 17.4 Å². The molecule has 1 heterocycles. The third-order valence-electron chi connectivity index (χ3n) is 6.11. The quantitative estimate of drug-likeness (QED) is 0.218. The van der Waals surface area contributed by atoms with Gasteiger partial charge in [0.2, 0.25) is 10.0 Å². The Labute approximate surface area is 237 Å². The summed E-state index contributed by atoms with van der Waals surface area (Å²) in [6, 6.07) is 22.3. The molecule has 0 saturated carbocycles. The molecule has 0 unspecified atom stereocenters. The predicted molar refractivity (Wildman–Crippen MR) is 152 cm³/mol. The largest absolute Gasteiger partial charge is 0.573 e. The van der Waals surface area contributed by atoms with Crippen LogP contribution in [0, 0.1) is 0 Å². The molecule has 0 bridgehead atoms. The van der Waals surface area contributed by atoms with E-state index in [1.807, 2.05) is 42.5 Å². The molecule has 0 aliphatic carbocycles. The van der Waals surface area contributed by atoms with Crippen molar-refractivity contribution in [3.05, 3.63) is 96.1 Å². The number of hydrogen-bond donors (Lipinski definition) is 3. The monoisotopic (exact) mass is 599 g/mol. The van der Waals surface area contributed by atoms with Crippen LogP contribution in [0.1, 0.15) is 11.1 Å². The van der Waals surface area contributed by atoms with Gasteiger partial charge in [-0.05, 0) is 71.0 Å². The zero-order valence-corrected chi connectivity index (χ0v) is 22.5. The first-order valence-electron chi connectivity index (χ1n) is 11.9. The Kier molecular flexibility index (Phi) is 7.38. The van der Waals surface area contributed by atoms with E-state index in [0.717, 1.165) is 28.5 Å². The number of hydrogen-bond acceptors (Lipinski definition) is 6. The van der Waals surface area contributed by atoms with Gasteiger partial charge in [0, 0.05) is 11.3 Å². The van der Waals surface area contributed by atoms with Crippen molar-refractivity contribution >= 4 is 61.1 Å². The van der Waals surface area contributed by atoms with Crippen LogP contribution in [0.2, 0.25) is 0 Å². The number of hydrazone groups is 1. The lowest BCUT2D eigenvalue weighted by molar-refractivity contribution is -0.274. The number of fused-ring (bicyclic) bond motifs is 2. The number of carbonyl (C=O) groups excluding carboxylic acids is 1. The highest BCUT2D eigenvalue weighted by Gasteiger charge is 2.37. The van der Waals surface area contributed by atoms with Gasteiger partial charge in [-0.25, -0.2) is 13.6 Å². The molecule has 0 saturated heterocycles. The van der Waals surface area contributed by atoms with Crippen molar-refractivity contribution < 1.29 is 31.1 Å². The molecule has 41 heavy (non-hydrogen) atoms. The van der Waals surface area contributed by atoms with Gasteiger partial charge in [-0.2, -0.15) is 5.10 Å². The highest BCUT2D eigenvalue weighted by molar-refractivity contribution is 7.89. The van der Waals surface area contributed by atoms with Crippen LogP contribution in [0.4, 0.5) is 24.5 Å². The minimum atomic E-state index is -4.93.